The molecule has 0 spiro atoms. The van der Waals surface area contributed by atoms with Crippen molar-refractivity contribution in [2.45, 2.75) is 31.8 Å². The van der Waals surface area contributed by atoms with E-state index in [9.17, 15) is 19.5 Å². The molecular formula is C24H23N3O6. The minimum absolute atomic E-state index is 0.0759. The molecule has 4 rings (SSSR count). The number of nitrogens with zero attached hydrogens (tertiary/aromatic N) is 1. The number of aliphatic carboxylic acids is 1. The maximum atomic E-state index is 12.4. The summed E-state index contributed by atoms with van der Waals surface area (Å²) in [6.07, 6.45) is 0.378. The van der Waals surface area contributed by atoms with Gasteiger partial charge in [0.2, 0.25) is 0 Å². The number of carboxylic acid groups (broad SMARTS) is 1. The van der Waals surface area contributed by atoms with Crippen LogP contribution in [-0.2, 0) is 16.1 Å². The Hall–Kier alpha value is -4.14. The Kier molecular flexibility index (Phi) is 5.87. The highest BCUT2D eigenvalue weighted by Gasteiger charge is 2.32. The fourth-order valence-corrected chi connectivity index (χ4v) is 3.78. The van der Waals surface area contributed by atoms with Crippen molar-refractivity contribution >= 4 is 18.0 Å². The first-order valence-corrected chi connectivity index (χ1v) is 10.3. The van der Waals surface area contributed by atoms with Gasteiger partial charge in [0, 0.05) is 5.92 Å². The molecule has 0 radical (unpaired) electrons. The van der Waals surface area contributed by atoms with Crippen molar-refractivity contribution in [3.63, 3.8) is 0 Å². The maximum absolute atomic E-state index is 12.4. The summed E-state index contributed by atoms with van der Waals surface area (Å²) in [7, 11) is 0. The number of alkyl carbamates (subject to hydrolysis) is 1. The first-order chi connectivity index (χ1) is 15.8. The number of carboxylic acids is 1. The van der Waals surface area contributed by atoms with Crippen LogP contribution in [0.1, 0.15) is 47.1 Å². The van der Waals surface area contributed by atoms with E-state index in [0.717, 1.165) is 28.6 Å². The maximum Gasteiger partial charge on any atom is 0.407 e. The largest absolute Gasteiger partial charge is 0.480 e. The number of hydrogen-bond acceptors (Lipinski definition) is 6. The number of hydrogen-bond donors (Lipinski definition) is 3. The van der Waals surface area contributed by atoms with Gasteiger partial charge < -0.3 is 24.9 Å². The quantitative estimate of drug-likeness (QED) is 0.504. The second kappa shape index (κ2) is 8.78. The number of carbonyl (C=O) groups is 3. The van der Waals surface area contributed by atoms with Crippen LogP contribution in [0.2, 0.25) is 0 Å². The van der Waals surface area contributed by atoms with Crippen LogP contribution in [0, 0.1) is 0 Å². The van der Waals surface area contributed by atoms with E-state index in [1.54, 1.807) is 0 Å². The Morgan fingerprint density at radius 2 is 1.67 bits per heavy atom. The normalized spacial score (nSPS) is 12.5. The average Bonchev–Trinajstić information content (AvgIpc) is 3.39. The lowest BCUT2D eigenvalue weighted by atomic mass is 9.98. The molecule has 0 unspecified atom stereocenters. The molecule has 1 heterocycles. The third-order valence-electron chi connectivity index (χ3n) is 5.55. The molecule has 33 heavy (non-hydrogen) atoms. The topological polar surface area (TPSA) is 131 Å². The molecule has 9 heteroatoms. The van der Waals surface area contributed by atoms with Crippen LogP contribution >= 0.6 is 0 Å². The van der Waals surface area contributed by atoms with E-state index in [2.05, 4.69) is 27.8 Å². The monoisotopic (exact) mass is 449 g/mol. The van der Waals surface area contributed by atoms with E-state index in [4.69, 9.17) is 9.15 Å². The Morgan fingerprint density at radius 1 is 1.06 bits per heavy atom. The number of ether oxygens (including phenoxy) is 1. The summed E-state index contributed by atoms with van der Waals surface area (Å²) in [5.74, 6) is -1.91. The zero-order chi connectivity index (χ0) is 23.6. The average molecular weight is 449 g/mol. The second-order valence-corrected chi connectivity index (χ2v) is 8.19. The Balaban J connectivity index is 1.37. The van der Waals surface area contributed by atoms with E-state index < -0.39 is 23.5 Å². The Bertz CT molecular complexity index is 1170. The molecule has 0 atom stereocenters. The van der Waals surface area contributed by atoms with Crippen LogP contribution in [0.4, 0.5) is 4.79 Å². The lowest BCUT2D eigenvalue weighted by Crippen LogP contribution is -2.50. The lowest BCUT2D eigenvalue weighted by Gasteiger charge is -2.20. The molecule has 0 saturated carbocycles. The van der Waals surface area contributed by atoms with Crippen molar-refractivity contribution in [2.75, 3.05) is 6.61 Å². The van der Waals surface area contributed by atoms with Gasteiger partial charge in [-0.1, -0.05) is 48.5 Å². The Labute approximate surface area is 189 Å². The van der Waals surface area contributed by atoms with Gasteiger partial charge in [0.25, 0.3) is 5.91 Å². The van der Waals surface area contributed by atoms with Crippen molar-refractivity contribution in [3.05, 3.63) is 77.5 Å². The first kappa shape index (κ1) is 22.1. The van der Waals surface area contributed by atoms with Gasteiger partial charge >= 0.3 is 12.1 Å². The first-order valence-electron chi connectivity index (χ1n) is 10.3. The number of nitrogens with one attached hydrogen (secondary N) is 2. The summed E-state index contributed by atoms with van der Waals surface area (Å²) in [4.78, 5) is 39.8. The van der Waals surface area contributed by atoms with Crippen LogP contribution < -0.4 is 10.6 Å². The van der Waals surface area contributed by atoms with Crippen molar-refractivity contribution in [3.8, 4) is 11.1 Å². The summed E-state index contributed by atoms with van der Waals surface area (Å²) in [6.45, 7) is 2.70. The van der Waals surface area contributed by atoms with Gasteiger partial charge in [0.1, 0.15) is 12.1 Å². The molecule has 9 nitrogen and oxygen atoms in total. The van der Waals surface area contributed by atoms with E-state index in [-0.39, 0.29) is 30.5 Å². The third kappa shape index (κ3) is 4.43. The highest BCUT2D eigenvalue weighted by molar-refractivity contribution is 5.96. The molecule has 0 saturated heterocycles. The molecule has 1 aliphatic carbocycles. The number of oxazole rings is 1. The molecule has 1 aromatic heterocycles. The minimum atomic E-state index is -1.49. The van der Waals surface area contributed by atoms with Gasteiger partial charge in [0.05, 0.1) is 6.54 Å². The van der Waals surface area contributed by atoms with Crippen LogP contribution in [0.5, 0.6) is 0 Å². The highest BCUT2D eigenvalue weighted by atomic mass is 16.5. The van der Waals surface area contributed by atoms with Crippen LogP contribution in [-0.4, -0.2) is 40.2 Å². The number of amides is 2. The minimum Gasteiger partial charge on any atom is -0.480 e. The SMILES string of the molecule is CC(C)(NC(=O)c1ncoc1CNC(=O)OCC1c2ccccc2-c2ccccc21)C(=O)O. The number of carbonyl (C=O) groups excluding carboxylic acids is 2. The van der Waals surface area contributed by atoms with Gasteiger partial charge in [-0.3, -0.25) is 4.79 Å². The molecule has 3 N–H and O–H groups in total. The highest BCUT2D eigenvalue weighted by Crippen LogP contribution is 2.44. The Morgan fingerprint density at radius 3 is 2.27 bits per heavy atom. The van der Waals surface area contributed by atoms with E-state index in [0.29, 0.717) is 0 Å². The predicted molar refractivity (Wildman–Crippen MR) is 118 cm³/mol. The summed E-state index contributed by atoms with van der Waals surface area (Å²) in [5.41, 5.74) is 2.85. The number of fused-ring (bicyclic) bond motifs is 3. The molecule has 3 aromatic rings. The van der Waals surface area contributed by atoms with E-state index in [1.165, 1.54) is 13.8 Å². The number of rotatable bonds is 7. The van der Waals surface area contributed by atoms with Gasteiger partial charge in [-0.25, -0.2) is 14.6 Å². The zero-order valence-electron chi connectivity index (χ0n) is 18.1. The van der Waals surface area contributed by atoms with E-state index >= 15 is 0 Å². The summed E-state index contributed by atoms with van der Waals surface area (Å²) in [5, 5.41) is 14.1. The van der Waals surface area contributed by atoms with E-state index in [1.807, 2.05) is 36.4 Å². The van der Waals surface area contributed by atoms with Gasteiger partial charge in [-0.15, -0.1) is 0 Å². The van der Waals surface area contributed by atoms with Crippen molar-refractivity contribution in [2.24, 2.45) is 0 Å². The van der Waals surface area contributed by atoms with Crippen molar-refractivity contribution < 1.29 is 28.6 Å². The summed E-state index contributed by atoms with van der Waals surface area (Å²) < 4.78 is 10.7. The number of benzene rings is 2. The zero-order valence-corrected chi connectivity index (χ0v) is 18.1. The van der Waals surface area contributed by atoms with Crippen molar-refractivity contribution in [1.29, 1.82) is 0 Å². The molecule has 170 valence electrons. The van der Waals surface area contributed by atoms with Crippen LogP contribution in [0.3, 0.4) is 0 Å². The summed E-state index contributed by atoms with van der Waals surface area (Å²) in [6, 6.07) is 16.0. The fourth-order valence-electron chi connectivity index (χ4n) is 3.78. The summed E-state index contributed by atoms with van der Waals surface area (Å²) >= 11 is 0. The van der Waals surface area contributed by atoms with Crippen molar-refractivity contribution in [1.82, 2.24) is 15.6 Å². The molecular weight excluding hydrogens is 426 g/mol. The van der Waals surface area contributed by atoms with Crippen LogP contribution in [0.25, 0.3) is 11.1 Å². The molecule has 2 amide bonds. The lowest BCUT2D eigenvalue weighted by molar-refractivity contribution is -0.143. The molecule has 0 aliphatic heterocycles. The van der Waals surface area contributed by atoms with Gasteiger partial charge in [-0.2, -0.15) is 0 Å². The fraction of sp³-hybridized carbons (Fsp3) is 0.250. The number of aromatic nitrogens is 1. The second-order valence-electron chi connectivity index (χ2n) is 8.19. The molecule has 0 fully saturated rings. The molecule has 0 bridgehead atoms. The third-order valence-corrected chi connectivity index (χ3v) is 5.55. The predicted octanol–water partition coefficient (Wildman–Crippen LogP) is 3.31. The molecule has 1 aliphatic rings. The standard InChI is InChI=1S/C24H23N3O6/c1-24(2,22(29)30)27-21(28)20-19(33-13-26-20)11-25-23(31)32-12-18-16-9-5-3-7-14(16)15-8-4-6-10-17(15)18/h3-10,13,18H,11-12H2,1-2H3,(H,25,31)(H,27,28)(H,29,30). The van der Waals surface area contributed by atoms with Gasteiger partial charge in [-0.05, 0) is 36.1 Å². The van der Waals surface area contributed by atoms with Gasteiger partial charge in [0.15, 0.2) is 17.8 Å². The smallest absolute Gasteiger partial charge is 0.407 e. The van der Waals surface area contributed by atoms with Crippen LogP contribution in [0.15, 0.2) is 59.3 Å². The molecule has 2 aromatic carbocycles.